The van der Waals surface area contributed by atoms with Crippen LogP contribution < -0.4 is 16.4 Å². The minimum Gasteiger partial charge on any atom is -0.480 e. The number of amides is 2. The van der Waals surface area contributed by atoms with Crippen molar-refractivity contribution in [1.29, 1.82) is 0 Å². The van der Waals surface area contributed by atoms with Crippen LogP contribution in [0.3, 0.4) is 0 Å². The van der Waals surface area contributed by atoms with Crippen molar-refractivity contribution in [1.82, 2.24) is 15.6 Å². The first-order valence-electron chi connectivity index (χ1n) is 8.53. The lowest BCUT2D eigenvalue weighted by atomic mass is 10.0. The largest absolute Gasteiger partial charge is 0.480 e. The summed E-state index contributed by atoms with van der Waals surface area (Å²) in [4.78, 5) is 38.7. The second kappa shape index (κ2) is 8.65. The van der Waals surface area contributed by atoms with E-state index in [-0.39, 0.29) is 6.42 Å². The van der Waals surface area contributed by atoms with E-state index in [1.54, 1.807) is 6.20 Å². The number of benzene rings is 1. The smallest absolute Gasteiger partial charge is 0.326 e. The summed E-state index contributed by atoms with van der Waals surface area (Å²) in [6.07, 6.45) is 0.715. The minimum atomic E-state index is -1.19. The summed E-state index contributed by atoms with van der Waals surface area (Å²) in [5.74, 6) is -2.54. The summed E-state index contributed by atoms with van der Waals surface area (Å²) < 4.78 is 0. The predicted octanol–water partition coefficient (Wildman–Crippen LogP) is -0.507. The predicted molar refractivity (Wildman–Crippen MR) is 98.8 cm³/mol. The van der Waals surface area contributed by atoms with Crippen LogP contribution in [0.2, 0.25) is 0 Å². The molecular formula is C18H24N4O5. The Bertz CT molecular complexity index is 832. The maximum Gasteiger partial charge on any atom is 0.326 e. The summed E-state index contributed by atoms with van der Waals surface area (Å²) in [6.45, 7) is 2.77. The third-order valence-electron chi connectivity index (χ3n) is 4.29. The number of H-pyrrole nitrogens is 1. The van der Waals surface area contributed by atoms with Crippen LogP contribution in [0.15, 0.2) is 30.5 Å². The number of aliphatic carboxylic acids is 1. The molecule has 0 aliphatic heterocycles. The van der Waals surface area contributed by atoms with E-state index in [0.717, 1.165) is 16.5 Å². The molecule has 146 valence electrons. The van der Waals surface area contributed by atoms with Gasteiger partial charge in [-0.05, 0) is 25.5 Å². The van der Waals surface area contributed by atoms with Gasteiger partial charge in [-0.3, -0.25) is 9.59 Å². The molecule has 7 N–H and O–H groups in total. The molecule has 1 aromatic carbocycles. The van der Waals surface area contributed by atoms with Gasteiger partial charge in [0.25, 0.3) is 0 Å². The van der Waals surface area contributed by atoms with Crippen molar-refractivity contribution in [2.45, 2.75) is 44.5 Å². The van der Waals surface area contributed by atoms with Gasteiger partial charge in [0, 0.05) is 23.5 Å². The van der Waals surface area contributed by atoms with Crippen LogP contribution in [0.5, 0.6) is 0 Å². The van der Waals surface area contributed by atoms with Crippen LogP contribution >= 0.6 is 0 Å². The first kappa shape index (κ1) is 20.4. The van der Waals surface area contributed by atoms with Crippen molar-refractivity contribution in [3.63, 3.8) is 0 Å². The summed E-state index contributed by atoms with van der Waals surface area (Å²) in [5.41, 5.74) is 7.14. The Hall–Kier alpha value is -2.91. The van der Waals surface area contributed by atoms with Crippen molar-refractivity contribution in [3.8, 4) is 0 Å². The van der Waals surface area contributed by atoms with Gasteiger partial charge in [-0.1, -0.05) is 18.2 Å². The lowest BCUT2D eigenvalue weighted by Crippen LogP contribution is -2.55. The molecule has 0 bridgehead atoms. The Labute approximate surface area is 155 Å². The van der Waals surface area contributed by atoms with Gasteiger partial charge in [0.2, 0.25) is 11.8 Å². The molecule has 0 fully saturated rings. The molecule has 2 amide bonds. The number of carboxylic acids is 1. The number of rotatable bonds is 8. The maximum atomic E-state index is 12.3. The lowest BCUT2D eigenvalue weighted by molar-refractivity contribution is -0.142. The van der Waals surface area contributed by atoms with Gasteiger partial charge in [0.15, 0.2) is 0 Å². The van der Waals surface area contributed by atoms with E-state index in [1.165, 1.54) is 13.8 Å². The first-order valence-corrected chi connectivity index (χ1v) is 8.53. The summed E-state index contributed by atoms with van der Waals surface area (Å²) in [5, 5.41) is 24.4. The standard InChI is InChI=1S/C18H24N4O5/c1-9(21-17(25)15(19)10(2)23)16(24)22-14(18(26)27)7-11-8-20-13-6-4-3-5-12(11)13/h3-6,8-10,14-15,20,23H,7,19H2,1-2H3,(H,21,25)(H,22,24)(H,26,27)/t9-,10+,14-,15-/m0/s1. The number of nitrogens with one attached hydrogen (secondary N) is 3. The molecule has 1 heterocycles. The number of aliphatic hydroxyl groups is 1. The van der Waals surface area contributed by atoms with Gasteiger partial charge in [0.1, 0.15) is 18.1 Å². The van der Waals surface area contributed by atoms with E-state index in [9.17, 15) is 24.6 Å². The zero-order valence-electron chi connectivity index (χ0n) is 15.1. The monoisotopic (exact) mass is 376 g/mol. The van der Waals surface area contributed by atoms with Gasteiger partial charge in [-0.15, -0.1) is 0 Å². The molecule has 0 aliphatic rings. The number of para-hydroxylation sites is 1. The number of carbonyl (C=O) groups excluding carboxylic acids is 2. The Balaban J connectivity index is 2.04. The quantitative estimate of drug-likeness (QED) is 0.364. The number of fused-ring (bicyclic) bond motifs is 1. The van der Waals surface area contributed by atoms with Crippen LogP contribution in [0.1, 0.15) is 19.4 Å². The SMILES string of the molecule is C[C@H](NC(=O)[C@@H](N)[C@@H](C)O)C(=O)N[C@@H](Cc1c[nH]c2ccccc12)C(=O)O. The van der Waals surface area contributed by atoms with Gasteiger partial charge < -0.3 is 31.6 Å². The molecule has 0 aliphatic carbocycles. The molecule has 0 spiro atoms. The zero-order valence-corrected chi connectivity index (χ0v) is 15.1. The Kier molecular flexibility index (Phi) is 6.54. The summed E-state index contributed by atoms with van der Waals surface area (Å²) in [6, 6.07) is 4.09. The maximum absolute atomic E-state index is 12.3. The first-order chi connectivity index (χ1) is 12.7. The average Bonchev–Trinajstić information content (AvgIpc) is 3.03. The van der Waals surface area contributed by atoms with E-state index in [2.05, 4.69) is 15.6 Å². The van der Waals surface area contributed by atoms with Crippen LogP contribution in [0, 0.1) is 0 Å². The zero-order chi connectivity index (χ0) is 20.1. The van der Waals surface area contributed by atoms with Crippen molar-refractivity contribution >= 4 is 28.7 Å². The number of hydrogen-bond donors (Lipinski definition) is 6. The fraction of sp³-hybridized carbons (Fsp3) is 0.389. The van der Waals surface area contributed by atoms with Crippen LogP contribution in [0.4, 0.5) is 0 Å². The van der Waals surface area contributed by atoms with Crippen molar-refractivity contribution in [2.24, 2.45) is 5.73 Å². The molecule has 4 atom stereocenters. The topological polar surface area (TPSA) is 158 Å². The second-order valence-electron chi connectivity index (χ2n) is 6.46. The number of carbonyl (C=O) groups is 3. The van der Waals surface area contributed by atoms with Gasteiger partial charge >= 0.3 is 5.97 Å². The summed E-state index contributed by atoms with van der Waals surface area (Å²) >= 11 is 0. The molecule has 9 nitrogen and oxygen atoms in total. The number of carboxylic acid groups (broad SMARTS) is 1. The Morgan fingerprint density at radius 2 is 1.81 bits per heavy atom. The molecule has 0 unspecified atom stereocenters. The molecule has 9 heteroatoms. The molecule has 0 saturated carbocycles. The van der Waals surface area contributed by atoms with E-state index in [0.29, 0.717) is 0 Å². The van der Waals surface area contributed by atoms with Gasteiger partial charge in [-0.2, -0.15) is 0 Å². The second-order valence-corrected chi connectivity index (χ2v) is 6.46. The third-order valence-corrected chi connectivity index (χ3v) is 4.29. The van der Waals surface area contributed by atoms with Crippen molar-refractivity contribution < 1.29 is 24.6 Å². The van der Waals surface area contributed by atoms with Crippen molar-refractivity contribution in [3.05, 3.63) is 36.0 Å². The molecule has 27 heavy (non-hydrogen) atoms. The number of hydrogen-bond acceptors (Lipinski definition) is 5. The number of aromatic amines is 1. The highest BCUT2D eigenvalue weighted by atomic mass is 16.4. The van der Waals surface area contributed by atoms with E-state index in [4.69, 9.17) is 5.73 Å². The normalized spacial score (nSPS) is 15.6. The molecule has 0 saturated heterocycles. The highest BCUT2D eigenvalue weighted by Crippen LogP contribution is 2.19. The fourth-order valence-corrected chi connectivity index (χ4v) is 2.61. The molecular weight excluding hydrogens is 352 g/mol. The molecule has 0 radical (unpaired) electrons. The Morgan fingerprint density at radius 1 is 1.15 bits per heavy atom. The Morgan fingerprint density at radius 3 is 2.44 bits per heavy atom. The average molecular weight is 376 g/mol. The molecule has 2 rings (SSSR count). The van der Waals surface area contributed by atoms with E-state index in [1.807, 2.05) is 24.3 Å². The molecule has 1 aromatic heterocycles. The van der Waals surface area contributed by atoms with E-state index < -0.39 is 42.0 Å². The van der Waals surface area contributed by atoms with Crippen LogP contribution in [-0.4, -0.2) is 57.2 Å². The lowest BCUT2D eigenvalue weighted by Gasteiger charge is -2.21. The highest BCUT2D eigenvalue weighted by Gasteiger charge is 2.27. The third kappa shape index (κ3) is 5.05. The van der Waals surface area contributed by atoms with Gasteiger partial charge in [-0.25, -0.2) is 4.79 Å². The van der Waals surface area contributed by atoms with E-state index >= 15 is 0 Å². The minimum absolute atomic E-state index is 0.0823. The summed E-state index contributed by atoms with van der Waals surface area (Å²) in [7, 11) is 0. The van der Waals surface area contributed by atoms with Crippen LogP contribution in [-0.2, 0) is 20.8 Å². The number of aliphatic hydroxyl groups excluding tert-OH is 1. The number of aromatic nitrogens is 1. The fourth-order valence-electron chi connectivity index (χ4n) is 2.61. The highest BCUT2D eigenvalue weighted by molar-refractivity contribution is 5.92. The van der Waals surface area contributed by atoms with Crippen molar-refractivity contribution in [2.75, 3.05) is 0 Å². The molecule has 2 aromatic rings. The number of nitrogens with two attached hydrogens (primary N) is 1. The van der Waals surface area contributed by atoms with Crippen LogP contribution in [0.25, 0.3) is 10.9 Å². The van der Waals surface area contributed by atoms with Gasteiger partial charge in [0.05, 0.1) is 6.10 Å².